The van der Waals surface area contributed by atoms with Gasteiger partial charge in [0.05, 0.1) is 17.2 Å². The van der Waals surface area contributed by atoms with Crippen molar-refractivity contribution in [3.63, 3.8) is 0 Å². The van der Waals surface area contributed by atoms with Crippen LogP contribution in [0.1, 0.15) is 12.5 Å². The van der Waals surface area contributed by atoms with E-state index in [0.29, 0.717) is 11.5 Å². The summed E-state index contributed by atoms with van der Waals surface area (Å²) in [6.45, 7) is 1.71. The first-order valence-electron chi connectivity index (χ1n) is 4.46. The number of amides is 1. The number of rotatable bonds is 1. The highest BCUT2D eigenvalue weighted by molar-refractivity contribution is 8.00. The first-order valence-corrected chi connectivity index (χ1v) is 5.45. The Labute approximate surface area is 91.4 Å². The summed E-state index contributed by atoms with van der Waals surface area (Å²) in [5.74, 6) is 0.461. The van der Waals surface area contributed by atoms with Crippen LogP contribution >= 0.6 is 11.8 Å². The predicted molar refractivity (Wildman–Crippen MR) is 59.8 cm³/mol. The van der Waals surface area contributed by atoms with E-state index in [2.05, 4.69) is 10.5 Å². The zero-order valence-electron chi connectivity index (χ0n) is 8.15. The molecule has 1 aromatic rings. The first kappa shape index (κ1) is 10.0. The second-order valence-electron chi connectivity index (χ2n) is 3.23. The molecule has 1 aliphatic rings. The van der Waals surface area contributed by atoms with E-state index in [1.807, 2.05) is 18.2 Å². The van der Waals surface area contributed by atoms with Crippen LogP contribution in [-0.2, 0) is 4.79 Å². The molecule has 0 unspecified atom stereocenters. The number of benzene rings is 1. The maximum absolute atomic E-state index is 11.2. The van der Waals surface area contributed by atoms with Crippen LogP contribution in [-0.4, -0.2) is 22.6 Å². The number of anilines is 1. The van der Waals surface area contributed by atoms with Gasteiger partial charge in [0.25, 0.3) is 0 Å². The van der Waals surface area contributed by atoms with Gasteiger partial charge < -0.3 is 10.5 Å². The van der Waals surface area contributed by atoms with Crippen molar-refractivity contribution in [1.82, 2.24) is 0 Å². The van der Waals surface area contributed by atoms with Crippen LogP contribution in [0.4, 0.5) is 5.69 Å². The lowest BCUT2D eigenvalue weighted by molar-refractivity contribution is -0.113. The normalized spacial score (nSPS) is 15.8. The van der Waals surface area contributed by atoms with Gasteiger partial charge in [-0.3, -0.25) is 4.79 Å². The summed E-state index contributed by atoms with van der Waals surface area (Å²) in [6.07, 6.45) is 0. The van der Waals surface area contributed by atoms with E-state index in [1.165, 1.54) is 11.8 Å². The lowest BCUT2D eigenvalue weighted by Crippen LogP contribution is -2.18. The standard InChI is InChI=1S/C10H10N2O2S/c1-6(12-14)7-2-3-9-8(4-7)11-10(13)5-15-9/h2-4,14H,5H2,1H3,(H,11,13). The zero-order chi connectivity index (χ0) is 10.8. The monoisotopic (exact) mass is 222 g/mol. The fraction of sp³-hybridized carbons (Fsp3) is 0.200. The van der Waals surface area contributed by atoms with Gasteiger partial charge in [0, 0.05) is 10.5 Å². The largest absolute Gasteiger partial charge is 0.411 e. The minimum Gasteiger partial charge on any atom is -0.411 e. The molecule has 4 nitrogen and oxygen atoms in total. The number of nitrogens with zero attached hydrogens (tertiary/aromatic N) is 1. The Morgan fingerprint density at radius 3 is 3.13 bits per heavy atom. The number of nitrogens with one attached hydrogen (secondary N) is 1. The number of carbonyl (C=O) groups excluding carboxylic acids is 1. The smallest absolute Gasteiger partial charge is 0.234 e. The highest BCUT2D eigenvalue weighted by Gasteiger charge is 2.15. The average Bonchev–Trinajstić information content (AvgIpc) is 2.27. The Bertz CT molecular complexity index is 443. The van der Waals surface area contributed by atoms with Crippen LogP contribution in [0.15, 0.2) is 28.3 Å². The molecule has 0 aromatic heterocycles. The van der Waals surface area contributed by atoms with Crippen molar-refractivity contribution in [2.75, 3.05) is 11.1 Å². The molecule has 0 fully saturated rings. The minimum atomic E-state index is 0.00300. The summed E-state index contributed by atoms with van der Waals surface area (Å²) >= 11 is 1.51. The third kappa shape index (κ3) is 1.97. The second-order valence-corrected chi connectivity index (χ2v) is 4.25. The van der Waals surface area contributed by atoms with Gasteiger partial charge in [0.2, 0.25) is 5.91 Å². The van der Waals surface area contributed by atoms with Gasteiger partial charge in [0.15, 0.2) is 0 Å². The summed E-state index contributed by atoms with van der Waals surface area (Å²) < 4.78 is 0. The van der Waals surface area contributed by atoms with Crippen LogP contribution in [0.5, 0.6) is 0 Å². The Kier molecular flexibility index (Phi) is 2.64. The van der Waals surface area contributed by atoms with E-state index in [0.717, 1.165) is 16.1 Å². The SMILES string of the molecule is CC(=NO)c1ccc2c(c1)NC(=O)CS2. The molecule has 0 spiro atoms. The van der Waals surface area contributed by atoms with Crippen LogP contribution in [0, 0.1) is 0 Å². The highest BCUT2D eigenvalue weighted by atomic mass is 32.2. The zero-order valence-corrected chi connectivity index (χ0v) is 8.97. The highest BCUT2D eigenvalue weighted by Crippen LogP contribution is 2.31. The predicted octanol–water partition coefficient (Wildman–Crippen LogP) is 1.93. The molecule has 0 atom stereocenters. The van der Waals surface area contributed by atoms with Gasteiger partial charge in [0.1, 0.15) is 0 Å². The second kappa shape index (κ2) is 3.94. The molecule has 0 bridgehead atoms. The third-order valence-electron chi connectivity index (χ3n) is 2.18. The van der Waals surface area contributed by atoms with Crippen molar-refractivity contribution in [3.05, 3.63) is 23.8 Å². The van der Waals surface area contributed by atoms with Gasteiger partial charge in [-0.2, -0.15) is 0 Å². The maximum atomic E-state index is 11.2. The van der Waals surface area contributed by atoms with E-state index in [4.69, 9.17) is 5.21 Å². The first-order chi connectivity index (χ1) is 7.20. The van der Waals surface area contributed by atoms with E-state index in [1.54, 1.807) is 6.92 Å². The van der Waals surface area contributed by atoms with E-state index in [9.17, 15) is 4.79 Å². The van der Waals surface area contributed by atoms with Crippen LogP contribution in [0.2, 0.25) is 0 Å². The molecule has 1 amide bonds. The molecular weight excluding hydrogens is 212 g/mol. The van der Waals surface area contributed by atoms with E-state index in [-0.39, 0.29) is 5.91 Å². The van der Waals surface area contributed by atoms with Crippen molar-refractivity contribution < 1.29 is 10.0 Å². The molecule has 1 heterocycles. The summed E-state index contributed by atoms with van der Waals surface area (Å²) in [6, 6.07) is 5.61. The Hall–Kier alpha value is -1.49. The Morgan fingerprint density at radius 1 is 1.60 bits per heavy atom. The Balaban J connectivity index is 2.41. The van der Waals surface area contributed by atoms with Crippen molar-refractivity contribution in [2.45, 2.75) is 11.8 Å². The number of hydrogen-bond acceptors (Lipinski definition) is 4. The van der Waals surface area contributed by atoms with Crippen LogP contribution in [0.3, 0.4) is 0 Å². The van der Waals surface area contributed by atoms with Gasteiger partial charge in [-0.15, -0.1) is 11.8 Å². The van der Waals surface area contributed by atoms with Crippen molar-refractivity contribution >= 4 is 29.1 Å². The molecule has 0 aliphatic carbocycles. The molecule has 2 rings (SSSR count). The summed E-state index contributed by atoms with van der Waals surface area (Å²) in [7, 11) is 0. The number of thioether (sulfide) groups is 1. The molecule has 1 aromatic carbocycles. The topological polar surface area (TPSA) is 61.7 Å². The molecule has 0 saturated carbocycles. The van der Waals surface area contributed by atoms with Gasteiger partial charge in [-0.05, 0) is 19.1 Å². The summed E-state index contributed by atoms with van der Waals surface area (Å²) in [4.78, 5) is 12.2. The minimum absolute atomic E-state index is 0.00300. The molecule has 0 radical (unpaired) electrons. The summed E-state index contributed by atoms with van der Waals surface area (Å²) in [5, 5.41) is 14.5. The van der Waals surface area contributed by atoms with Crippen LogP contribution < -0.4 is 5.32 Å². The Morgan fingerprint density at radius 2 is 2.40 bits per heavy atom. The maximum Gasteiger partial charge on any atom is 0.234 e. The molecule has 78 valence electrons. The molecule has 15 heavy (non-hydrogen) atoms. The fourth-order valence-electron chi connectivity index (χ4n) is 1.37. The van der Waals surface area contributed by atoms with Crippen LogP contribution in [0.25, 0.3) is 0 Å². The van der Waals surface area contributed by atoms with E-state index < -0.39 is 0 Å². The molecule has 0 saturated heterocycles. The lowest BCUT2D eigenvalue weighted by atomic mass is 10.1. The lowest BCUT2D eigenvalue weighted by Gasteiger charge is -2.16. The quantitative estimate of drug-likeness (QED) is 0.433. The average molecular weight is 222 g/mol. The van der Waals surface area contributed by atoms with Crippen molar-refractivity contribution in [3.8, 4) is 0 Å². The van der Waals surface area contributed by atoms with Gasteiger partial charge in [-0.25, -0.2) is 0 Å². The fourth-order valence-corrected chi connectivity index (χ4v) is 2.15. The number of fused-ring (bicyclic) bond motifs is 1. The summed E-state index contributed by atoms with van der Waals surface area (Å²) in [5.41, 5.74) is 2.12. The van der Waals surface area contributed by atoms with Gasteiger partial charge in [-0.1, -0.05) is 11.2 Å². The molecule has 5 heteroatoms. The van der Waals surface area contributed by atoms with E-state index >= 15 is 0 Å². The number of oxime groups is 1. The third-order valence-corrected chi connectivity index (χ3v) is 3.25. The van der Waals surface area contributed by atoms with Gasteiger partial charge >= 0.3 is 0 Å². The number of hydrogen-bond donors (Lipinski definition) is 2. The molecular formula is C10H10N2O2S. The molecule has 1 aliphatic heterocycles. The molecule has 2 N–H and O–H groups in total. The number of carbonyl (C=O) groups is 1. The van der Waals surface area contributed by atoms with Crippen molar-refractivity contribution in [1.29, 1.82) is 0 Å². The van der Waals surface area contributed by atoms with Crippen molar-refractivity contribution in [2.24, 2.45) is 5.16 Å².